The Kier molecular flexibility index (Phi) is 3.06. The molecule has 3 heteroatoms. The average molecular weight is 313 g/mol. The van der Waals surface area contributed by atoms with E-state index in [2.05, 4.69) is 9.83 Å². The fourth-order valence-corrected chi connectivity index (χ4v) is 3.09. The lowest BCUT2D eigenvalue weighted by molar-refractivity contribution is 0.670. The van der Waals surface area contributed by atoms with Gasteiger partial charge in [-0.05, 0) is 29.7 Å². The van der Waals surface area contributed by atoms with Crippen molar-refractivity contribution in [2.75, 3.05) is 0 Å². The highest BCUT2D eigenvalue weighted by Crippen LogP contribution is 2.42. The third-order valence-electron chi connectivity index (χ3n) is 4.23. The van der Waals surface area contributed by atoms with E-state index < -0.39 is 5.89 Å². The van der Waals surface area contributed by atoms with E-state index in [0.29, 0.717) is 16.8 Å². The first-order valence-electron chi connectivity index (χ1n) is 8.28. The summed E-state index contributed by atoms with van der Waals surface area (Å²) in [5.41, 5.74) is 4.09. The predicted octanol–water partition coefficient (Wildman–Crippen LogP) is 6.32. The Morgan fingerprint density at radius 2 is 1.88 bits per heavy atom. The standard InChI is InChI=1S/C21H16N2O/c1-13(2)14-10-11-16-15-7-6-8-17(18-9-4-5-12-23-18)20(15)24-21(16)19(14)22-3/h4-13H,1-2H3/i13D. The maximum atomic E-state index is 8.31. The van der Waals surface area contributed by atoms with Crippen LogP contribution in [-0.4, -0.2) is 4.98 Å². The van der Waals surface area contributed by atoms with Crippen LogP contribution >= 0.6 is 0 Å². The summed E-state index contributed by atoms with van der Waals surface area (Å²) >= 11 is 0. The van der Waals surface area contributed by atoms with Gasteiger partial charge in [0.15, 0.2) is 0 Å². The molecule has 0 atom stereocenters. The maximum absolute atomic E-state index is 8.31. The fourth-order valence-electron chi connectivity index (χ4n) is 3.09. The van der Waals surface area contributed by atoms with Crippen LogP contribution in [0.15, 0.2) is 59.1 Å². The van der Waals surface area contributed by atoms with Crippen molar-refractivity contribution in [2.45, 2.75) is 19.7 Å². The van der Waals surface area contributed by atoms with Crippen molar-refractivity contribution in [3.63, 3.8) is 0 Å². The Hall–Kier alpha value is -3.12. The third-order valence-corrected chi connectivity index (χ3v) is 4.23. The van der Waals surface area contributed by atoms with Gasteiger partial charge in [-0.1, -0.05) is 44.2 Å². The van der Waals surface area contributed by atoms with Crippen molar-refractivity contribution in [3.05, 3.63) is 71.7 Å². The number of para-hydroxylation sites is 1. The van der Waals surface area contributed by atoms with Gasteiger partial charge in [0, 0.05) is 23.9 Å². The first-order chi connectivity index (χ1) is 12.0. The van der Waals surface area contributed by atoms with Gasteiger partial charge < -0.3 is 4.42 Å². The second-order valence-corrected chi connectivity index (χ2v) is 5.95. The summed E-state index contributed by atoms with van der Waals surface area (Å²) in [6, 6.07) is 15.5. The number of rotatable bonds is 2. The molecule has 0 saturated heterocycles. The van der Waals surface area contributed by atoms with Gasteiger partial charge in [0.05, 0.1) is 12.3 Å². The van der Waals surface area contributed by atoms with E-state index in [0.717, 1.165) is 27.6 Å². The molecule has 2 aromatic carbocycles. The third kappa shape index (κ3) is 2.08. The van der Waals surface area contributed by atoms with Crippen LogP contribution in [0.5, 0.6) is 0 Å². The van der Waals surface area contributed by atoms with Crippen LogP contribution in [0, 0.1) is 6.57 Å². The summed E-state index contributed by atoms with van der Waals surface area (Å²) in [5.74, 6) is -0.864. The SMILES string of the molecule is [2H]C(C)(C)c1ccc2c(oc3c(-c4ccccn4)cccc32)c1[N+]#[C-]. The number of aromatic nitrogens is 1. The van der Waals surface area contributed by atoms with Crippen LogP contribution in [0.2, 0.25) is 0 Å². The van der Waals surface area contributed by atoms with Gasteiger partial charge in [-0.3, -0.25) is 4.98 Å². The van der Waals surface area contributed by atoms with Crippen molar-refractivity contribution in [1.29, 1.82) is 0 Å². The van der Waals surface area contributed by atoms with Crippen molar-refractivity contribution < 1.29 is 5.79 Å². The van der Waals surface area contributed by atoms with Gasteiger partial charge in [-0.15, -0.1) is 0 Å². The Bertz CT molecular complexity index is 1130. The van der Waals surface area contributed by atoms with Gasteiger partial charge in [0.1, 0.15) is 11.2 Å². The predicted molar refractivity (Wildman–Crippen MR) is 97.3 cm³/mol. The second-order valence-electron chi connectivity index (χ2n) is 5.95. The number of nitrogens with zero attached hydrogens (tertiary/aromatic N) is 2. The van der Waals surface area contributed by atoms with E-state index in [4.69, 9.17) is 12.4 Å². The monoisotopic (exact) mass is 313 g/mol. The largest absolute Gasteiger partial charge is 0.466 e. The van der Waals surface area contributed by atoms with Crippen LogP contribution in [0.4, 0.5) is 5.69 Å². The maximum Gasteiger partial charge on any atom is 0.232 e. The molecule has 116 valence electrons. The van der Waals surface area contributed by atoms with Gasteiger partial charge in [0.2, 0.25) is 5.69 Å². The molecule has 3 nitrogen and oxygen atoms in total. The number of fused-ring (bicyclic) bond motifs is 3. The molecule has 0 saturated carbocycles. The van der Waals surface area contributed by atoms with Gasteiger partial charge in [-0.25, -0.2) is 4.85 Å². The topological polar surface area (TPSA) is 30.4 Å². The highest BCUT2D eigenvalue weighted by molar-refractivity contribution is 6.12. The molecule has 0 aliphatic heterocycles. The van der Waals surface area contributed by atoms with E-state index in [1.807, 2.05) is 48.5 Å². The van der Waals surface area contributed by atoms with Gasteiger partial charge in [-0.2, -0.15) is 0 Å². The van der Waals surface area contributed by atoms with Gasteiger partial charge >= 0.3 is 0 Å². The molecular formula is C21H16N2O. The zero-order chi connectivity index (χ0) is 17.6. The summed E-state index contributed by atoms with van der Waals surface area (Å²) in [7, 11) is 0. The lowest BCUT2D eigenvalue weighted by atomic mass is 9.98. The van der Waals surface area contributed by atoms with E-state index in [1.165, 1.54) is 0 Å². The lowest BCUT2D eigenvalue weighted by Gasteiger charge is -2.07. The van der Waals surface area contributed by atoms with Crippen molar-refractivity contribution in [3.8, 4) is 11.3 Å². The summed E-state index contributed by atoms with van der Waals surface area (Å²) in [6.07, 6.45) is 1.75. The number of hydrogen-bond acceptors (Lipinski definition) is 2. The van der Waals surface area contributed by atoms with E-state index >= 15 is 0 Å². The first kappa shape index (κ1) is 13.3. The molecule has 2 heterocycles. The number of furan rings is 1. The molecule has 0 bridgehead atoms. The van der Waals surface area contributed by atoms with Crippen LogP contribution < -0.4 is 0 Å². The summed E-state index contributed by atoms with van der Waals surface area (Å²) < 4.78 is 14.5. The Labute approximate surface area is 141 Å². The quantitative estimate of drug-likeness (QED) is 0.405. The van der Waals surface area contributed by atoms with Crippen molar-refractivity contribution in [2.24, 2.45) is 0 Å². The molecule has 2 aromatic heterocycles. The molecule has 0 amide bonds. The molecule has 0 N–H and O–H groups in total. The molecule has 0 aliphatic rings. The Balaban J connectivity index is 2.11. The van der Waals surface area contributed by atoms with Crippen LogP contribution in [0.3, 0.4) is 0 Å². The van der Waals surface area contributed by atoms with E-state index in [1.54, 1.807) is 20.0 Å². The zero-order valence-corrected chi connectivity index (χ0v) is 13.5. The first-order valence-corrected chi connectivity index (χ1v) is 7.78. The second kappa shape index (κ2) is 5.50. The van der Waals surface area contributed by atoms with Crippen molar-refractivity contribution in [1.82, 2.24) is 4.98 Å². The number of hydrogen-bond donors (Lipinski definition) is 0. The lowest BCUT2D eigenvalue weighted by Crippen LogP contribution is -1.86. The van der Waals surface area contributed by atoms with Crippen molar-refractivity contribution >= 4 is 27.6 Å². The zero-order valence-electron chi connectivity index (χ0n) is 14.5. The molecule has 0 fully saturated rings. The highest BCUT2D eigenvalue weighted by atomic mass is 16.3. The summed E-state index contributed by atoms with van der Waals surface area (Å²) in [5, 5.41) is 1.85. The molecule has 24 heavy (non-hydrogen) atoms. The van der Waals surface area contributed by atoms with Gasteiger partial charge in [0.25, 0.3) is 0 Å². The van der Waals surface area contributed by atoms with E-state index in [9.17, 15) is 0 Å². The number of benzene rings is 2. The minimum absolute atomic E-state index is 0.417. The minimum Gasteiger partial charge on any atom is -0.466 e. The summed E-state index contributed by atoms with van der Waals surface area (Å²) in [4.78, 5) is 8.10. The molecular weight excluding hydrogens is 296 g/mol. The molecule has 4 rings (SSSR count). The van der Waals surface area contributed by atoms with E-state index in [-0.39, 0.29) is 0 Å². The molecule has 0 spiro atoms. The van der Waals surface area contributed by atoms with Crippen LogP contribution in [0.1, 0.15) is 26.7 Å². The fraction of sp³-hybridized carbons (Fsp3) is 0.143. The Morgan fingerprint density at radius 3 is 2.58 bits per heavy atom. The summed E-state index contributed by atoms with van der Waals surface area (Å²) in [6.45, 7) is 11.2. The molecule has 0 aliphatic carbocycles. The normalized spacial score (nSPS) is 12.3. The number of pyridine rings is 1. The molecule has 0 unspecified atom stereocenters. The molecule has 4 aromatic rings. The molecule has 0 radical (unpaired) electrons. The minimum atomic E-state index is -0.864. The van der Waals surface area contributed by atoms with Crippen LogP contribution in [-0.2, 0) is 0 Å². The van der Waals surface area contributed by atoms with Crippen LogP contribution in [0.25, 0.3) is 38.0 Å². The smallest absolute Gasteiger partial charge is 0.232 e. The Morgan fingerprint density at radius 1 is 1.04 bits per heavy atom. The highest BCUT2D eigenvalue weighted by Gasteiger charge is 2.18. The average Bonchev–Trinajstić information content (AvgIpc) is 2.99.